The fourth-order valence-electron chi connectivity index (χ4n) is 8.06. The van der Waals surface area contributed by atoms with E-state index < -0.39 is 11.9 Å². The van der Waals surface area contributed by atoms with Crippen molar-refractivity contribution in [1.29, 1.82) is 0 Å². The Morgan fingerprint density at radius 2 is 0.776 bits per heavy atom. The summed E-state index contributed by atoms with van der Waals surface area (Å²) in [5.74, 6) is -1.90. The molecule has 0 aliphatic carbocycles. The molecule has 0 radical (unpaired) electrons. The summed E-state index contributed by atoms with van der Waals surface area (Å²) >= 11 is 0. The second-order valence-corrected chi connectivity index (χ2v) is 17.8. The van der Waals surface area contributed by atoms with Gasteiger partial charge in [-0.25, -0.2) is 24.5 Å². The summed E-state index contributed by atoms with van der Waals surface area (Å²) in [4.78, 5) is 58.7. The third-order valence-electron chi connectivity index (χ3n) is 12.1. The van der Waals surface area contributed by atoms with Crippen molar-refractivity contribution in [2.75, 3.05) is 158 Å². The number of H-pyrrole nitrogens is 1. The topological polar surface area (TPSA) is 253 Å². The third kappa shape index (κ3) is 23.2. The zero-order valence-corrected chi connectivity index (χ0v) is 43.3. The number of hydrogen-bond donors (Lipinski definition) is 4. The monoisotopic (exact) mass is 1060 g/mol. The van der Waals surface area contributed by atoms with Gasteiger partial charge in [-0.3, -0.25) is 24.4 Å². The lowest BCUT2D eigenvalue weighted by molar-refractivity contribution is 0.00597. The number of aromatic nitrogens is 4. The van der Waals surface area contributed by atoms with Crippen LogP contribution in [0.3, 0.4) is 0 Å². The summed E-state index contributed by atoms with van der Waals surface area (Å²) in [6, 6.07) is 24.5. The zero-order chi connectivity index (χ0) is 53.4. The molecule has 4 N–H and O–H groups in total. The van der Waals surface area contributed by atoms with Gasteiger partial charge in [0.2, 0.25) is 5.56 Å². The molecule has 2 aliphatic heterocycles. The van der Waals surface area contributed by atoms with Crippen molar-refractivity contribution in [2.45, 2.75) is 26.2 Å². The number of benzene rings is 1. The average Bonchev–Trinajstić information content (AvgIpc) is 3.41. The predicted molar refractivity (Wildman–Crippen MR) is 281 cm³/mol. The van der Waals surface area contributed by atoms with Crippen LogP contribution >= 0.6 is 0 Å². The lowest BCUT2D eigenvalue weighted by atomic mass is 10.2. The number of carboxylic acids is 2. The van der Waals surface area contributed by atoms with Crippen LogP contribution in [0.25, 0.3) is 10.9 Å². The van der Waals surface area contributed by atoms with E-state index in [2.05, 4.69) is 39.5 Å². The van der Waals surface area contributed by atoms with E-state index in [0.717, 1.165) is 16.8 Å². The van der Waals surface area contributed by atoms with Gasteiger partial charge in [0.1, 0.15) is 22.7 Å². The summed E-state index contributed by atoms with van der Waals surface area (Å²) in [7, 11) is 0. The molecule has 6 heterocycles. The van der Waals surface area contributed by atoms with Gasteiger partial charge in [-0.15, -0.1) is 0 Å². The highest BCUT2D eigenvalue weighted by molar-refractivity contribution is 5.86. The summed E-state index contributed by atoms with van der Waals surface area (Å²) in [6.07, 6.45) is 0. The Hall–Kier alpha value is -5.86. The summed E-state index contributed by atoms with van der Waals surface area (Å²) in [5.41, 5.74) is 3.66. The van der Waals surface area contributed by atoms with Gasteiger partial charge in [0, 0.05) is 95.7 Å². The van der Waals surface area contributed by atoms with Gasteiger partial charge in [0.25, 0.3) is 0 Å². The van der Waals surface area contributed by atoms with Crippen molar-refractivity contribution in [3.8, 4) is 5.75 Å². The first-order valence-electron chi connectivity index (χ1n) is 25.8. The molecule has 2 fully saturated rings. The van der Waals surface area contributed by atoms with Gasteiger partial charge in [-0.05, 0) is 42.5 Å². The van der Waals surface area contributed by atoms with Gasteiger partial charge in [0.15, 0.2) is 0 Å². The Kier molecular flexibility index (Phi) is 27.1. The van der Waals surface area contributed by atoms with E-state index in [4.69, 9.17) is 37.9 Å². The van der Waals surface area contributed by atoms with Crippen LogP contribution in [0.2, 0.25) is 0 Å². The Bertz CT molecular complexity index is 2480. The van der Waals surface area contributed by atoms with E-state index >= 15 is 0 Å². The number of carbonyl (C=O) groups is 2. The predicted octanol–water partition coefficient (Wildman–Crippen LogP) is 3.27. The SMILES string of the molecule is O=C(O)c1cccc(CN2CCOCCOCCN(Cc3ccc4cccc(O)c4n3)CCOCCOCC2)n1.O=C(O)c1cccc(CN2CCOCCOCCN(Cc3cccc(=O)[nH]3)CCOCCOCC2)n1. The third-order valence-corrected chi connectivity index (χ3v) is 12.1. The number of carboxylic acid groups (broad SMARTS) is 2. The van der Waals surface area contributed by atoms with Gasteiger partial charge < -0.3 is 58.2 Å². The highest BCUT2D eigenvalue weighted by Crippen LogP contribution is 2.23. The number of rotatable bonds is 10. The van der Waals surface area contributed by atoms with Crippen LogP contribution in [0.4, 0.5) is 0 Å². The number of aromatic carboxylic acids is 2. The number of nitrogens with one attached hydrogen (secondary N) is 1. The maximum Gasteiger partial charge on any atom is 0.354 e. The number of aromatic amines is 1. The molecule has 1 aromatic carbocycles. The Morgan fingerprint density at radius 1 is 0.421 bits per heavy atom. The first kappa shape index (κ1) is 59.4. The normalized spacial score (nSPS) is 18.5. The minimum absolute atomic E-state index is 0.0336. The molecule has 76 heavy (non-hydrogen) atoms. The molecule has 0 unspecified atom stereocenters. The van der Waals surface area contributed by atoms with E-state index in [9.17, 15) is 29.7 Å². The maximum absolute atomic E-state index is 11.6. The van der Waals surface area contributed by atoms with Crippen molar-refractivity contribution in [1.82, 2.24) is 39.5 Å². The average molecular weight is 1060 g/mol. The molecule has 22 heteroatoms. The molecule has 4 aromatic heterocycles. The number of pyridine rings is 4. The fourth-order valence-corrected chi connectivity index (χ4v) is 8.06. The quantitative estimate of drug-likeness (QED) is 0.157. The standard InChI is InChI=1S/C29H38N4O7.C25H36N4O7/c34-27-6-1-3-23-7-8-25(31-28(23)27)22-33-11-15-39-19-17-37-13-9-32(10-14-38-18-20-40-16-12-33)21-24-4-2-5-26(30-24)29(35)36;30-24-6-2-4-22(27-24)20-29-9-13-35-17-15-33-11-7-28(8-12-34-16-18-36-14-10-29)19-21-3-1-5-23(26-21)25(31)32/h1-8,34H,9-22H2,(H,35,36);1-6H,7-20H2,(H,27,30)(H,31,32). The molecule has 0 saturated carbocycles. The number of ether oxygens (including phenoxy) is 8. The van der Waals surface area contributed by atoms with Crippen molar-refractivity contribution < 1.29 is 62.8 Å². The lowest BCUT2D eigenvalue weighted by Gasteiger charge is -2.23. The summed E-state index contributed by atoms with van der Waals surface area (Å²) < 4.78 is 46.2. The molecule has 0 bridgehead atoms. The van der Waals surface area contributed by atoms with E-state index in [0.29, 0.717) is 201 Å². The molecule has 2 aliphatic rings. The minimum Gasteiger partial charge on any atom is -0.506 e. The highest BCUT2D eigenvalue weighted by atomic mass is 16.5. The van der Waals surface area contributed by atoms with Crippen LogP contribution < -0.4 is 5.56 Å². The minimum atomic E-state index is -1.04. The second kappa shape index (κ2) is 34.7. The van der Waals surface area contributed by atoms with Crippen LogP contribution in [0.15, 0.2) is 89.7 Å². The lowest BCUT2D eigenvalue weighted by Crippen LogP contribution is -2.33. The maximum atomic E-state index is 11.6. The van der Waals surface area contributed by atoms with E-state index in [1.54, 1.807) is 24.3 Å². The first-order chi connectivity index (χ1) is 37.2. The molecule has 2 saturated heterocycles. The number of nitrogens with zero attached hydrogens (tertiary/aromatic N) is 7. The van der Waals surface area contributed by atoms with E-state index in [1.165, 1.54) is 18.2 Å². The number of phenols is 1. The van der Waals surface area contributed by atoms with Crippen molar-refractivity contribution in [3.05, 3.63) is 129 Å². The van der Waals surface area contributed by atoms with Crippen molar-refractivity contribution in [2.24, 2.45) is 0 Å². The number of hydrogen-bond acceptors (Lipinski definition) is 19. The number of para-hydroxylation sites is 1. The smallest absolute Gasteiger partial charge is 0.354 e. The number of phenolic OH excluding ortho intramolecular Hbond substituents is 1. The van der Waals surface area contributed by atoms with Crippen molar-refractivity contribution in [3.63, 3.8) is 0 Å². The summed E-state index contributed by atoms with van der Waals surface area (Å²) in [5, 5.41) is 29.5. The second-order valence-electron chi connectivity index (χ2n) is 17.8. The highest BCUT2D eigenvalue weighted by Gasteiger charge is 2.15. The van der Waals surface area contributed by atoms with Gasteiger partial charge in [0.05, 0.1) is 123 Å². The van der Waals surface area contributed by atoms with Crippen LogP contribution in [-0.2, 0) is 64.1 Å². The van der Waals surface area contributed by atoms with Crippen molar-refractivity contribution >= 4 is 22.8 Å². The molecule has 22 nitrogen and oxygen atoms in total. The molecular formula is C54H74N8O14. The Labute approximate surface area is 443 Å². The van der Waals surface area contributed by atoms with Crippen LogP contribution in [0, 0.1) is 0 Å². The van der Waals surface area contributed by atoms with Gasteiger partial charge in [-0.1, -0.05) is 36.4 Å². The number of fused-ring (bicyclic) bond motifs is 1. The molecule has 0 spiro atoms. The fraction of sp³-hybridized carbons (Fsp3) is 0.519. The zero-order valence-electron chi connectivity index (χ0n) is 43.3. The Morgan fingerprint density at radius 3 is 1.16 bits per heavy atom. The van der Waals surface area contributed by atoms with Gasteiger partial charge >= 0.3 is 11.9 Å². The van der Waals surface area contributed by atoms with Crippen LogP contribution in [0.1, 0.15) is 43.8 Å². The van der Waals surface area contributed by atoms with E-state index in [1.807, 2.05) is 42.5 Å². The first-order valence-corrected chi connectivity index (χ1v) is 25.8. The molecule has 7 rings (SSSR count). The largest absolute Gasteiger partial charge is 0.506 e. The van der Waals surface area contributed by atoms with Crippen LogP contribution in [0.5, 0.6) is 5.75 Å². The van der Waals surface area contributed by atoms with Gasteiger partial charge in [-0.2, -0.15) is 0 Å². The molecule has 0 amide bonds. The Balaban J connectivity index is 0.000000248. The molecule has 414 valence electrons. The number of aromatic hydroxyl groups is 1. The molecule has 0 atom stereocenters. The molecule has 5 aromatic rings. The van der Waals surface area contributed by atoms with Crippen LogP contribution in [-0.4, -0.2) is 225 Å². The van der Waals surface area contributed by atoms with E-state index in [-0.39, 0.29) is 22.7 Å². The molecular weight excluding hydrogens is 985 g/mol. The summed E-state index contributed by atoms with van der Waals surface area (Å²) in [6.45, 7) is 15.7.